The smallest absolute Gasteiger partial charge is 0.300 e. The molecule has 4 aliphatic heterocycles. The number of anilines is 2. The average molecular weight is 1290 g/mol. The number of nitrogens with zero attached hydrogens (tertiary/aromatic N) is 4. The molecule has 0 aliphatic carbocycles. The summed E-state index contributed by atoms with van der Waals surface area (Å²) in [4.78, 5) is 59.7. The maximum atomic E-state index is 9.00. The van der Waals surface area contributed by atoms with Gasteiger partial charge in [0.1, 0.15) is 0 Å². The Labute approximate surface area is 543 Å². The fourth-order valence-electron chi connectivity index (χ4n) is 9.14. The van der Waals surface area contributed by atoms with E-state index in [1.807, 2.05) is 25.2 Å². The molecule has 4 aliphatic rings. The van der Waals surface area contributed by atoms with Gasteiger partial charge in [-0.05, 0) is 79.1 Å². The van der Waals surface area contributed by atoms with Crippen LogP contribution in [0.4, 0.5) is 11.4 Å². The van der Waals surface area contributed by atoms with Gasteiger partial charge in [0.25, 0.3) is 24.9 Å². The minimum atomic E-state index is -0.833. The van der Waals surface area contributed by atoms with Crippen molar-refractivity contribution in [2.75, 3.05) is 38.4 Å². The number of carbonyl (C=O) groups is 4. The van der Waals surface area contributed by atoms with Crippen LogP contribution in [0.15, 0.2) is 121 Å². The second-order valence-corrected chi connectivity index (χ2v) is 21.7. The van der Waals surface area contributed by atoms with Gasteiger partial charge in [0.15, 0.2) is 0 Å². The molecule has 18 heteroatoms. The first-order chi connectivity index (χ1) is 37.9. The molecule has 4 heterocycles. The molecule has 8 atom stereocenters. The van der Waals surface area contributed by atoms with Gasteiger partial charge in [-0.3, -0.25) is 28.9 Å². The Bertz CT molecular complexity index is 2140. The van der Waals surface area contributed by atoms with Gasteiger partial charge >= 0.3 is 0 Å². The molecule has 0 aromatic heterocycles. The Morgan fingerprint density at radius 1 is 0.524 bits per heavy atom. The van der Waals surface area contributed by atoms with E-state index in [1.165, 1.54) is 25.3 Å². The van der Waals surface area contributed by atoms with E-state index < -0.39 is 11.9 Å². The molecule has 82 heavy (non-hydrogen) atoms. The molecule has 4 saturated heterocycles. The first-order valence-electron chi connectivity index (χ1n) is 27.8. The van der Waals surface area contributed by atoms with Gasteiger partial charge < -0.3 is 39.5 Å². The molecule has 2 radical (unpaired) electrons. The van der Waals surface area contributed by atoms with Gasteiger partial charge in [-0.15, -0.1) is 12.3 Å². The third kappa shape index (κ3) is 30.4. The van der Waals surface area contributed by atoms with Crippen molar-refractivity contribution < 1.29 is 124 Å². The van der Waals surface area contributed by atoms with Gasteiger partial charge in [-0.1, -0.05) is 186 Å². The molecular weight excluding hydrogens is 1190 g/mol. The summed E-state index contributed by atoms with van der Waals surface area (Å²) < 4.78 is 7.72. The topological polar surface area (TPSA) is 177 Å². The van der Waals surface area contributed by atoms with Crippen LogP contribution in [0.1, 0.15) is 133 Å². The minimum absolute atomic E-state index is 0. The normalized spacial score (nSPS) is 21.5. The predicted octanol–water partition coefficient (Wildman–Crippen LogP) is 13.6. The zero-order valence-corrected chi connectivity index (χ0v) is 58.0. The minimum Gasteiger partial charge on any atom is -0.481 e. The summed E-state index contributed by atoms with van der Waals surface area (Å²) in [6.45, 7) is 34.1. The number of ether oxygens (including phenoxy) is 2. The number of rotatable bonds is 12. The van der Waals surface area contributed by atoms with Gasteiger partial charge in [-0.2, -0.15) is 0 Å². The maximum absolute atomic E-state index is 9.00. The first kappa shape index (κ1) is 80.4. The zero-order valence-electron chi connectivity index (χ0n) is 52.3. The number of hydroxylamine groups is 6. The number of hydrogen-bond acceptors (Lipinski definition) is 14. The molecule has 0 amide bonds. The standard InChI is InChI=1S/C21H27NO.C18H21NO.C10H20NO.C7H14NO.4C2H4O2.2Y/c1-15(2)19-20(17-11-7-5-8-12-17)22(23-21(19)16(3)4)18-13-9-6-10-14-18;1-14(2)18-13-17(15-9-5-3-6-10-15)19(20-18)16-11-7-4-8-12-16;1-7(2)9-6-11(5)12-10(9)8(3)4;1-6(2)7-4-5-8(3)9-7;2*1-4-2-3;2*1-2(3)4;;/h5-16,19-21H,1-4H3;3-12,14,17-18H,13H2,1-2H3;6-10H,1-5H3;5-7H,4H2,1-3H3;2*2H,1H3;2*1H3,(H,3,4);;/q;;2*-1;;;;;;. The molecule has 0 spiro atoms. The number of methoxy groups -OCH3 is 2. The zero-order chi connectivity index (χ0) is 60.5. The van der Waals surface area contributed by atoms with Crippen LogP contribution in [0, 0.1) is 60.4 Å². The molecule has 4 aromatic carbocycles. The van der Waals surface area contributed by atoms with E-state index in [9.17, 15) is 0 Å². The Morgan fingerprint density at radius 3 is 1.23 bits per heavy atom. The van der Waals surface area contributed by atoms with Crippen molar-refractivity contribution in [1.29, 1.82) is 0 Å². The average Bonchev–Trinajstić information content (AvgIpc) is 4.35. The van der Waals surface area contributed by atoms with Crippen LogP contribution in [-0.4, -0.2) is 98.0 Å². The van der Waals surface area contributed by atoms with E-state index in [0.29, 0.717) is 78.5 Å². The Balaban J connectivity index is 0. The summed E-state index contributed by atoms with van der Waals surface area (Å²) in [7, 11) is 6.53. The molecule has 2 N–H and O–H groups in total. The molecular formula is C64H98N4O12Y2-2. The van der Waals surface area contributed by atoms with Crippen LogP contribution in [-0.2, 0) is 113 Å². The van der Waals surface area contributed by atoms with Crippen molar-refractivity contribution in [2.24, 2.45) is 47.3 Å². The third-order valence-corrected chi connectivity index (χ3v) is 13.0. The van der Waals surface area contributed by atoms with E-state index in [4.69, 9.17) is 48.7 Å². The van der Waals surface area contributed by atoms with Crippen molar-refractivity contribution in [3.05, 3.63) is 146 Å². The quantitative estimate of drug-likeness (QED) is 0.101. The number of carboxylic acid groups (broad SMARTS) is 2. The number of benzene rings is 4. The van der Waals surface area contributed by atoms with Crippen LogP contribution in [0.5, 0.6) is 0 Å². The number of carbonyl (C=O) groups excluding carboxylic acids is 2. The monoisotopic (exact) mass is 1290 g/mol. The van der Waals surface area contributed by atoms with Crippen LogP contribution in [0.25, 0.3) is 0 Å². The predicted molar refractivity (Wildman–Crippen MR) is 318 cm³/mol. The summed E-state index contributed by atoms with van der Waals surface area (Å²) in [5, 5.41) is 22.7. The van der Waals surface area contributed by atoms with Crippen molar-refractivity contribution in [3.8, 4) is 0 Å². The van der Waals surface area contributed by atoms with Gasteiger partial charge in [0.2, 0.25) is 0 Å². The van der Waals surface area contributed by atoms with Crippen LogP contribution in [0.2, 0.25) is 0 Å². The fourth-order valence-corrected chi connectivity index (χ4v) is 9.14. The Kier molecular flexibility index (Phi) is 43.9. The van der Waals surface area contributed by atoms with E-state index in [2.05, 4.69) is 231 Å². The van der Waals surface area contributed by atoms with E-state index in [1.54, 1.807) is 5.06 Å². The Hall–Kier alpha value is -3.67. The second-order valence-electron chi connectivity index (χ2n) is 21.7. The molecule has 4 fully saturated rings. The van der Waals surface area contributed by atoms with Gasteiger partial charge in [0, 0.05) is 91.6 Å². The molecule has 4 aromatic rings. The molecule has 0 saturated carbocycles. The molecule has 8 rings (SSSR count). The molecule has 0 bridgehead atoms. The summed E-state index contributed by atoms with van der Waals surface area (Å²) in [6.07, 6.45) is 3.40. The first-order valence-corrected chi connectivity index (χ1v) is 27.8. The third-order valence-electron chi connectivity index (χ3n) is 13.0. The SMILES string of the molecule is CC(=O)O.CC(=O)O.CC(C)C1CC(c2ccccc2)N(c2ccccc2)O1.CC(C)C1C[CH-]N(C)O1.CC(C)C1ON(c2ccccc2)C(c2ccccc2)C1C(C)C.CC(C)C1[CH-]N(C)OC1C(C)C.COC=O.COC=O.[Y].[Y]. The van der Waals surface area contributed by atoms with Crippen molar-refractivity contribution in [3.63, 3.8) is 0 Å². The van der Waals surface area contributed by atoms with Crippen LogP contribution < -0.4 is 10.1 Å². The van der Waals surface area contributed by atoms with E-state index in [0.717, 1.165) is 38.1 Å². The van der Waals surface area contributed by atoms with Crippen LogP contribution >= 0.6 is 0 Å². The van der Waals surface area contributed by atoms with Crippen molar-refractivity contribution >= 4 is 36.3 Å². The van der Waals surface area contributed by atoms with E-state index >= 15 is 0 Å². The van der Waals surface area contributed by atoms with Crippen molar-refractivity contribution in [1.82, 2.24) is 10.1 Å². The van der Waals surface area contributed by atoms with Crippen molar-refractivity contribution in [2.45, 2.75) is 146 Å². The summed E-state index contributed by atoms with van der Waals surface area (Å²) in [6, 6.07) is 42.8. The molecule has 16 nitrogen and oxygen atoms in total. The number of aliphatic carboxylic acids is 2. The van der Waals surface area contributed by atoms with Gasteiger partial charge in [-0.25, -0.2) is 23.2 Å². The fraction of sp³-hybridized carbons (Fsp3) is 0.531. The number of hydrogen-bond donors (Lipinski definition) is 2. The number of carboxylic acids is 2. The summed E-state index contributed by atoms with van der Waals surface area (Å²) >= 11 is 0. The Morgan fingerprint density at radius 2 is 0.915 bits per heavy atom. The second kappa shape index (κ2) is 44.8. The number of para-hydroxylation sites is 2. The molecule has 8 unspecified atom stereocenters. The van der Waals surface area contributed by atoms with Crippen LogP contribution in [0.3, 0.4) is 0 Å². The summed E-state index contributed by atoms with van der Waals surface area (Å²) in [5.74, 6) is 2.85. The maximum Gasteiger partial charge on any atom is 0.300 e. The molecule has 454 valence electrons. The summed E-state index contributed by atoms with van der Waals surface area (Å²) in [5.41, 5.74) is 4.91. The van der Waals surface area contributed by atoms with E-state index in [-0.39, 0.29) is 83.7 Å². The largest absolute Gasteiger partial charge is 0.481 e. The van der Waals surface area contributed by atoms with Gasteiger partial charge in [0.05, 0.1) is 62.1 Å².